The van der Waals surface area contributed by atoms with Crippen molar-refractivity contribution in [3.05, 3.63) is 30.3 Å². The average Bonchev–Trinajstić information content (AvgIpc) is 2.06. The Morgan fingerprint density at radius 2 is 1.92 bits per heavy atom. The minimum Gasteiger partial charge on any atom is -0.127 e. The van der Waals surface area contributed by atoms with Crippen LogP contribution in [0.3, 0.4) is 0 Å². The Bertz CT molecular complexity index is 213. The van der Waals surface area contributed by atoms with E-state index in [1.807, 2.05) is 30.3 Å². The van der Waals surface area contributed by atoms with Gasteiger partial charge >= 0.3 is 0 Å². The summed E-state index contributed by atoms with van der Waals surface area (Å²) >= 11 is 13.2. The van der Waals surface area contributed by atoms with Crippen LogP contribution in [0.4, 0.5) is 0 Å². The van der Waals surface area contributed by atoms with E-state index in [1.54, 1.807) is 11.8 Å². The molecule has 0 saturated carbocycles. The van der Waals surface area contributed by atoms with Crippen molar-refractivity contribution in [1.82, 2.24) is 0 Å². The molecule has 0 N–H and O–H groups in total. The Morgan fingerprint density at radius 3 is 2.50 bits per heavy atom. The molecule has 0 radical (unpaired) electrons. The molecule has 0 nitrogen and oxygen atoms in total. The lowest BCUT2D eigenvalue weighted by Crippen LogP contribution is -1.91. The summed E-state index contributed by atoms with van der Waals surface area (Å²) in [7, 11) is 0. The van der Waals surface area contributed by atoms with Gasteiger partial charge in [-0.05, 0) is 18.6 Å². The molecule has 0 saturated heterocycles. The first-order chi connectivity index (χ1) is 5.83. The smallest absolute Gasteiger partial charge is 0.0847 e. The van der Waals surface area contributed by atoms with E-state index in [1.165, 1.54) is 4.90 Å². The van der Waals surface area contributed by atoms with Gasteiger partial charge in [0.05, 0.1) is 4.71 Å². The highest BCUT2D eigenvalue weighted by atomic mass is 35.5. The van der Waals surface area contributed by atoms with Crippen molar-refractivity contribution in [3.8, 4) is 0 Å². The van der Waals surface area contributed by atoms with Gasteiger partial charge in [0.25, 0.3) is 0 Å². The zero-order valence-corrected chi connectivity index (χ0v) is 8.87. The van der Waals surface area contributed by atoms with Crippen LogP contribution >= 0.6 is 35.0 Å². The van der Waals surface area contributed by atoms with E-state index in [-0.39, 0.29) is 4.71 Å². The minimum atomic E-state index is 0.0879. The van der Waals surface area contributed by atoms with E-state index in [0.29, 0.717) is 5.88 Å². The molecule has 0 aliphatic carbocycles. The number of benzene rings is 1. The summed E-state index contributed by atoms with van der Waals surface area (Å²) < 4.78 is 0.0879. The molecule has 0 bridgehead atoms. The fraction of sp³-hybridized carbons (Fsp3) is 0.333. The lowest BCUT2D eigenvalue weighted by Gasteiger charge is -2.05. The molecule has 0 amide bonds. The zero-order valence-electron chi connectivity index (χ0n) is 6.54. The van der Waals surface area contributed by atoms with Gasteiger partial charge in [0.15, 0.2) is 0 Å². The van der Waals surface area contributed by atoms with Gasteiger partial charge in [0, 0.05) is 10.8 Å². The predicted octanol–water partition coefficient (Wildman–Crippen LogP) is 3.97. The number of rotatable bonds is 4. The third-order valence-electron chi connectivity index (χ3n) is 1.34. The molecular weight excluding hydrogens is 211 g/mol. The van der Waals surface area contributed by atoms with Crippen molar-refractivity contribution in [2.24, 2.45) is 0 Å². The van der Waals surface area contributed by atoms with E-state index in [2.05, 4.69) is 0 Å². The maximum absolute atomic E-state index is 5.99. The zero-order chi connectivity index (χ0) is 8.81. The van der Waals surface area contributed by atoms with Crippen LogP contribution in [0, 0.1) is 0 Å². The second kappa shape index (κ2) is 5.74. The second-order valence-corrected chi connectivity index (χ2v) is 4.76. The quantitative estimate of drug-likeness (QED) is 0.547. The van der Waals surface area contributed by atoms with Crippen molar-refractivity contribution in [3.63, 3.8) is 0 Å². The van der Waals surface area contributed by atoms with Crippen LogP contribution in [-0.4, -0.2) is 10.6 Å². The molecular formula is C9H10Cl2S. The monoisotopic (exact) mass is 220 g/mol. The van der Waals surface area contributed by atoms with Gasteiger partial charge in [-0.2, -0.15) is 0 Å². The van der Waals surface area contributed by atoms with Crippen LogP contribution < -0.4 is 0 Å². The summed E-state index contributed by atoms with van der Waals surface area (Å²) in [6.45, 7) is 0. The maximum Gasteiger partial charge on any atom is 0.0847 e. The third kappa shape index (κ3) is 3.70. The number of hydrogen-bond donors (Lipinski definition) is 0. The molecule has 1 atom stereocenters. The minimum absolute atomic E-state index is 0.0879. The SMILES string of the molecule is ClCCC(Cl)Sc1ccccc1. The number of alkyl halides is 2. The first-order valence-electron chi connectivity index (χ1n) is 3.74. The third-order valence-corrected chi connectivity index (χ3v) is 3.08. The van der Waals surface area contributed by atoms with Crippen LogP contribution in [0.5, 0.6) is 0 Å². The Labute approximate surface area is 87.3 Å². The van der Waals surface area contributed by atoms with Gasteiger partial charge < -0.3 is 0 Å². The van der Waals surface area contributed by atoms with Crippen LogP contribution in [-0.2, 0) is 0 Å². The van der Waals surface area contributed by atoms with Crippen LogP contribution in [0.25, 0.3) is 0 Å². The van der Waals surface area contributed by atoms with E-state index >= 15 is 0 Å². The van der Waals surface area contributed by atoms with E-state index in [9.17, 15) is 0 Å². The normalized spacial score (nSPS) is 12.8. The second-order valence-electron chi connectivity index (χ2n) is 2.32. The van der Waals surface area contributed by atoms with Crippen molar-refractivity contribution in [2.75, 3.05) is 5.88 Å². The lowest BCUT2D eigenvalue weighted by atomic mass is 10.4. The van der Waals surface area contributed by atoms with Gasteiger partial charge in [-0.15, -0.1) is 35.0 Å². The van der Waals surface area contributed by atoms with Gasteiger partial charge in [-0.1, -0.05) is 18.2 Å². The molecule has 3 heteroatoms. The van der Waals surface area contributed by atoms with Crippen molar-refractivity contribution in [1.29, 1.82) is 0 Å². The van der Waals surface area contributed by atoms with Crippen LogP contribution in [0.1, 0.15) is 6.42 Å². The summed E-state index contributed by atoms with van der Waals surface area (Å²) in [4.78, 5) is 1.20. The maximum atomic E-state index is 5.99. The molecule has 0 aliphatic rings. The molecule has 0 heterocycles. The summed E-state index contributed by atoms with van der Waals surface area (Å²) in [5, 5.41) is 0. The van der Waals surface area contributed by atoms with Crippen LogP contribution in [0.15, 0.2) is 35.2 Å². The predicted molar refractivity (Wildman–Crippen MR) is 57.3 cm³/mol. The van der Waals surface area contributed by atoms with Gasteiger partial charge in [-0.3, -0.25) is 0 Å². The van der Waals surface area contributed by atoms with Crippen molar-refractivity contribution in [2.45, 2.75) is 16.0 Å². The van der Waals surface area contributed by atoms with Gasteiger partial charge in [-0.25, -0.2) is 0 Å². The highest BCUT2D eigenvalue weighted by molar-refractivity contribution is 8.01. The number of halogens is 2. The average molecular weight is 221 g/mol. The standard InChI is InChI=1S/C9H10Cl2S/c10-7-6-9(11)12-8-4-2-1-3-5-8/h1-5,9H,6-7H2. The number of thioether (sulfide) groups is 1. The van der Waals surface area contributed by atoms with Crippen LogP contribution in [0.2, 0.25) is 0 Å². The van der Waals surface area contributed by atoms with Crippen molar-refractivity contribution < 1.29 is 0 Å². The summed E-state index contributed by atoms with van der Waals surface area (Å²) in [6, 6.07) is 10.1. The summed E-state index contributed by atoms with van der Waals surface area (Å²) in [5.74, 6) is 0.619. The first kappa shape index (κ1) is 10.2. The Kier molecular flexibility index (Phi) is 4.89. The molecule has 0 aromatic heterocycles. The van der Waals surface area contributed by atoms with Crippen molar-refractivity contribution >= 4 is 35.0 Å². The largest absolute Gasteiger partial charge is 0.127 e. The first-order valence-corrected chi connectivity index (χ1v) is 5.59. The van der Waals surface area contributed by atoms with Gasteiger partial charge in [0.2, 0.25) is 0 Å². The summed E-state index contributed by atoms with van der Waals surface area (Å²) in [5.41, 5.74) is 0. The summed E-state index contributed by atoms with van der Waals surface area (Å²) in [6.07, 6.45) is 0.836. The fourth-order valence-electron chi connectivity index (χ4n) is 0.791. The fourth-order valence-corrected chi connectivity index (χ4v) is 2.51. The molecule has 0 fully saturated rings. The lowest BCUT2D eigenvalue weighted by molar-refractivity contribution is 1.05. The molecule has 12 heavy (non-hydrogen) atoms. The van der Waals surface area contributed by atoms with E-state index in [0.717, 1.165) is 6.42 Å². The molecule has 1 aromatic carbocycles. The number of hydrogen-bond acceptors (Lipinski definition) is 1. The highest BCUT2D eigenvalue weighted by Crippen LogP contribution is 2.27. The Hall–Kier alpha value is 0.150. The molecule has 1 aromatic rings. The molecule has 1 rings (SSSR count). The molecule has 0 aliphatic heterocycles. The topological polar surface area (TPSA) is 0 Å². The Balaban J connectivity index is 2.41. The van der Waals surface area contributed by atoms with E-state index in [4.69, 9.17) is 23.2 Å². The Morgan fingerprint density at radius 1 is 1.25 bits per heavy atom. The molecule has 66 valence electrons. The van der Waals surface area contributed by atoms with Gasteiger partial charge in [0.1, 0.15) is 0 Å². The highest BCUT2D eigenvalue weighted by Gasteiger charge is 2.04. The molecule has 0 spiro atoms. The van der Waals surface area contributed by atoms with E-state index < -0.39 is 0 Å². The molecule has 1 unspecified atom stereocenters.